The lowest BCUT2D eigenvalue weighted by Crippen LogP contribution is -2.46. The number of nitrogens with one attached hydrogen (secondary N) is 1. The molecular weight excluding hydrogens is 328 g/mol. The van der Waals surface area contributed by atoms with Crippen molar-refractivity contribution in [3.05, 3.63) is 49.4 Å². The van der Waals surface area contributed by atoms with Crippen LogP contribution < -0.4 is 16.0 Å². The van der Waals surface area contributed by atoms with Crippen molar-refractivity contribution >= 4 is 17.3 Å². The smallest absolute Gasteiger partial charge is 0.197 e. The van der Waals surface area contributed by atoms with Crippen LogP contribution in [0.3, 0.4) is 0 Å². The Hall–Kier alpha value is -2.93. The van der Waals surface area contributed by atoms with Crippen molar-refractivity contribution in [2.75, 3.05) is 23.3 Å². The van der Waals surface area contributed by atoms with Crippen LogP contribution in [-0.4, -0.2) is 34.1 Å². The van der Waals surface area contributed by atoms with Crippen LogP contribution in [0.5, 0.6) is 0 Å². The highest BCUT2D eigenvalue weighted by atomic mass is 16.3. The molecule has 134 valence electrons. The van der Waals surface area contributed by atoms with Crippen LogP contribution in [0.1, 0.15) is 13.3 Å². The van der Waals surface area contributed by atoms with Gasteiger partial charge in [0.05, 0.1) is 29.5 Å². The molecule has 2 unspecified atom stereocenters. The fraction of sp³-hybridized carbons (Fsp3) is 0.316. The third-order valence-electron chi connectivity index (χ3n) is 4.55. The van der Waals surface area contributed by atoms with Crippen molar-refractivity contribution in [2.45, 2.75) is 19.4 Å². The summed E-state index contributed by atoms with van der Waals surface area (Å²) in [5.41, 5.74) is 9.93. The highest BCUT2D eigenvalue weighted by Gasteiger charge is 2.25. The maximum atomic E-state index is 6.27. The molecule has 0 radical (unpaired) electrons. The summed E-state index contributed by atoms with van der Waals surface area (Å²) in [6.45, 7) is 4.00. The van der Waals surface area contributed by atoms with Gasteiger partial charge in [-0.1, -0.05) is 6.92 Å². The van der Waals surface area contributed by atoms with Gasteiger partial charge in [0.25, 0.3) is 0 Å². The first-order valence-corrected chi connectivity index (χ1v) is 8.75. The van der Waals surface area contributed by atoms with Gasteiger partial charge in [-0.3, -0.25) is 4.98 Å². The fourth-order valence-electron chi connectivity index (χ4n) is 3.47. The predicted molar refractivity (Wildman–Crippen MR) is 101 cm³/mol. The molecule has 1 fully saturated rings. The standard InChI is InChI=1S/C19H22N6O/c1-13-5-15(20)11-25(10-13)18-6-16(14-7-21-12-22-8-14)23-9-17(18)24-19-3-2-4-26-19/h2-4,6-9,12-13,15,24H,5,10-11,20H2,1H3. The van der Waals surface area contributed by atoms with Gasteiger partial charge < -0.3 is 20.4 Å². The summed E-state index contributed by atoms with van der Waals surface area (Å²) in [5.74, 6) is 1.21. The maximum absolute atomic E-state index is 6.27. The lowest BCUT2D eigenvalue weighted by Gasteiger charge is -2.37. The topological polar surface area (TPSA) is 93.1 Å². The van der Waals surface area contributed by atoms with Crippen molar-refractivity contribution in [1.29, 1.82) is 0 Å². The molecule has 0 aliphatic carbocycles. The number of pyridine rings is 1. The first-order valence-electron chi connectivity index (χ1n) is 8.75. The predicted octanol–water partition coefficient (Wildman–Crippen LogP) is 3.05. The molecule has 3 aromatic heterocycles. The average Bonchev–Trinajstić information content (AvgIpc) is 3.15. The summed E-state index contributed by atoms with van der Waals surface area (Å²) in [7, 11) is 0. The summed E-state index contributed by atoms with van der Waals surface area (Å²) < 4.78 is 5.43. The van der Waals surface area contributed by atoms with E-state index in [4.69, 9.17) is 10.2 Å². The van der Waals surface area contributed by atoms with E-state index >= 15 is 0 Å². The molecule has 3 aromatic rings. The molecule has 3 N–H and O–H groups in total. The second kappa shape index (κ2) is 7.13. The molecule has 4 rings (SSSR count). The minimum atomic E-state index is 0.159. The molecule has 0 amide bonds. The highest BCUT2D eigenvalue weighted by Crippen LogP contribution is 2.34. The van der Waals surface area contributed by atoms with Crippen LogP contribution in [0.15, 0.2) is 53.8 Å². The van der Waals surface area contributed by atoms with E-state index in [1.54, 1.807) is 18.7 Å². The lowest BCUT2D eigenvalue weighted by molar-refractivity contribution is 0.402. The highest BCUT2D eigenvalue weighted by molar-refractivity contribution is 5.77. The van der Waals surface area contributed by atoms with Crippen LogP contribution in [0.2, 0.25) is 0 Å². The third-order valence-corrected chi connectivity index (χ3v) is 4.55. The van der Waals surface area contributed by atoms with Crippen molar-refractivity contribution < 1.29 is 4.42 Å². The molecule has 0 bridgehead atoms. The Bertz CT molecular complexity index is 842. The maximum Gasteiger partial charge on any atom is 0.197 e. The van der Waals surface area contributed by atoms with Gasteiger partial charge in [-0.2, -0.15) is 0 Å². The minimum absolute atomic E-state index is 0.159. The summed E-state index contributed by atoms with van der Waals surface area (Å²) >= 11 is 0. The number of hydrogen-bond acceptors (Lipinski definition) is 7. The molecule has 1 saturated heterocycles. The molecular formula is C19H22N6O. The van der Waals surface area contributed by atoms with Crippen molar-refractivity contribution in [3.8, 4) is 11.3 Å². The first kappa shape index (κ1) is 16.5. The molecule has 26 heavy (non-hydrogen) atoms. The number of anilines is 3. The Morgan fingerprint density at radius 2 is 2.08 bits per heavy atom. The van der Waals surface area contributed by atoms with E-state index in [-0.39, 0.29) is 6.04 Å². The van der Waals surface area contributed by atoms with E-state index in [0.717, 1.165) is 42.1 Å². The molecule has 0 saturated carbocycles. The van der Waals surface area contributed by atoms with Gasteiger partial charge in [-0.15, -0.1) is 0 Å². The summed E-state index contributed by atoms with van der Waals surface area (Å²) in [6.07, 6.45) is 9.56. The van der Waals surface area contributed by atoms with E-state index in [2.05, 4.69) is 38.2 Å². The number of furan rings is 1. The zero-order valence-corrected chi connectivity index (χ0v) is 14.7. The quantitative estimate of drug-likeness (QED) is 0.747. The summed E-state index contributed by atoms with van der Waals surface area (Å²) in [5, 5.41) is 3.32. The van der Waals surface area contributed by atoms with E-state index < -0.39 is 0 Å². The van der Waals surface area contributed by atoms with Crippen LogP contribution in [0.4, 0.5) is 17.3 Å². The van der Waals surface area contributed by atoms with E-state index in [0.29, 0.717) is 11.8 Å². The number of nitrogens with two attached hydrogens (primary N) is 1. The molecule has 1 aliphatic rings. The molecule has 2 atom stereocenters. The van der Waals surface area contributed by atoms with Gasteiger partial charge in [0.1, 0.15) is 6.33 Å². The minimum Gasteiger partial charge on any atom is -0.449 e. The van der Waals surface area contributed by atoms with Gasteiger partial charge in [0, 0.05) is 43.2 Å². The second-order valence-electron chi connectivity index (χ2n) is 6.82. The first-order chi connectivity index (χ1) is 12.7. The third kappa shape index (κ3) is 3.52. The number of nitrogens with zero attached hydrogens (tertiary/aromatic N) is 4. The number of piperidine rings is 1. The van der Waals surface area contributed by atoms with E-state index in [9.17, 15) is 0 Å². The van der Waals surface area contributed by atoms with E-state index in [1.165, 1.54) is 6.33 Å². The summed E-state index contributed by atoms with van der Waals surface area (Å²) in [4.78, 5) is 15.1. The van der Waals surface area contributed by atoms with Gasteiger partial charge in [0.2, 0.25) is 0 Å². The fourth-order valence-corrected chi connectivity index (χ4v) is 3.47. The largest absolute Gasteiger partial charge is 0.449 e. The van der Waals surface area contributed by atoms with E-state index in [1.807, 2.05) is 18.3 Å². The van der Waals surface area contributed by atoms with Gasteiger partial charge in [0.15, 0.2) is 5.88 Å². The van der Waals surface area contributed by atoms with Gasteiger partial charge in [-0.25, -0.2) is 9.97 Å². The molecule has 7 heteroatoms. The average molecular weight is 350 g/mol. The zero-order valence-electron chi connectivity index (χ0n) is 14.7. The zero-order chi connectivity index (χ0) is 17.9. The lowest BCUT2D eigenvalue weighted by atomic mass is 9.96. The summed E-state index contributed by atoms with van der Waals surface area (Å²) in [6, 6.07) is 5.96. The van der Waals surface area contributed by atoms with Crippen molar-refractivity contribution in [1.82, 2.24) is 15.0 Å². The van der Waals surface area contributed by atoms with Crippen molar-refractivity contribution in [3.63, 3.8) is 0 Å². The molecule has 0 spiro atoms. The molecule has 4 heterocycles. The Morgan fingerprint density at radius 3 is 2.81 bits per heavy atom. The van der Waals surface area contributed by atoms with Crippen LogP contribution >= 0.6 is 0 Å². The number of aromatic nitrogens is 3. The molecule has 1 aliphatic heterocycles. The Balaban J connectivity index is 1.73. The monoisotopic (exact) mass is 350 g/mol. The Labute approximate surface area is 152 Å². The molecule has 0 aromatic carbocycles. The van der Waals surface area contributed by atoms with Gasteiger partial charge >= 0.3 is 0 Å². The normalized spacial score (nSPS) is 20.2. The number of hydrogen-bond donors (Lipinski definition) is 2. The Kier molecular flexibility index (Phi) is 4.53. The van der Waals surface area contributed by atoms with Crippen molar-refractivity contribution in [2.24, 2.45) is 11.7 Å². The molecule has 7 nitrogen and oxygen atoms in total. The Morgan fingerprint density at radius 1 is 1.23 bits per heavy atom. The SMILES string of the molecule is CC1CC(N)CN(c2cc(-c3cncnc3)ncc2Nc2ccco2)C1. The van der Waals surface area contributed by atoms with Crippen LogP contribution in [0.25, 0.3) is 11.3 Å². The second-order valence-corrected chi connectivity index (χ2v) is 6.82. The van der Waals surface area contributed by atoms with Crippen LogP contribution in [-0.2, 0) is 0 Å². The number of rotatable bonds is 4. The van der Waals surface area contributed by atoms with Crippen LogP contribution in [0, 0.1) is 5.92 Å². The van der Waals surface area contributed by atoms with Gasteiger partial charge in [-0.05, 0) is 24.5 Å².